The molecule has 162 valence electrons. The average Bonchev–Trinajstić information content (AvgIpc) is 3.19. The lowest BCUT2D eigenvalue weighted by molar-refractivity contribution is -0.124. The number of fused-ring (bicyclic) bond motifs is 1. The van der Waals surface area contributed by atoms with Gasteiger partial charge in [-0.15, -0.1) is 11.3 Å². The molecule has 1 aliphatic carbocycles. The molecule has 1 aromatic carbocycles. The highest BCUT2D eigenvalue weighted by atomic mass is 32.1. The standard InChI is InChI=1S/C25H23N3O3S/c1-2-21(31-25(30)17-10-12-27-13-11-17)23(29)28-24-20(15-26)19-9-8-18(14-22(19)32-24)16-6-4-3-5-7-16/h3-7,10-13,18,21H,2,8-9,14H2,1H3,(H,28,29). The van der Waals surface area contributed by atoms with Crippen LogP contribution >= 0.6 is 11.3 Å². The fourth-order valence-corrected chi connectivity index (χ4v) is 5.28. The number of ether oxygens (including phenoxy) is 1. The van der Waals surface area contributed by atoms with Crippen LogP contribution in [0.3, 0.4) is 0 Å². The fourth-order valence-electron chi connectivity index (χ4n) is 4.00. The minimum atomic E-state index is -0.946. The third-order valence-electron chi connectivity index (χ3n) is 5.71. The first-order valence-corrected chi connectivity index (χ1v) is 11.4. The number of aromatic nitrogens is 1. The van der Waals surface area contributed by atoms with Crippen LogP contribution in [0.15, 0.2) is 54.9 Å². The molecule has 0 bridgehead atoms. The molecule has 0 spiro atoms. The van der Waals surface area contributed by atoms with E-state index in [0.29, 0.717) is 28.5 Å². The van der Waals surface area contributed by atoms with E-state index in [0.717, 1.165) is 29.7 Å². The van der Waals surface area contributed by atoms with Crippen molar-refractivity contribution in [2.75, 3.05) is 5.32 Å². The molecule has 0 saturated heterocycles. The number of pyridine rings is 1. The Hall–Kier alpha value is -3.50. The molecule has 0 saturated carbocycles. The molecule has 0 radical (unpaired) electrons. The summed E-state index contributed by atoms with van der Waals surface area (Å²) in [6, 6.07) is 15.7. The second-order valence-corrected chi connectivity index (χ2v) is 8.80. The average molecular weight is 446 g/mol. The SMILES string of the molecule is CCC(OC(=O)c1ccncc1)C(=O)Nc1sc2c(c1C#N)CCC(c1ccccc1)C2. The van der Waals surface area contributed by atoms with Gasteiger partial charge in [0.1, 0.15) is 11.1 Å². The Morgan fingerprint density at radius 1 is 1.25 bits per heavy atom. The second-order valence-electron chi connectivity index (χ2n) is 7.70. The van der Waals surface area contributed by atoms with E-state index in [1.54, 1.807) is 6.92 Å². The van der Waals surface area contributed by atoms with E-state index < -0.39 is 18.0 Å². The van der Waals surface area contributed by atoms with Crippen LogP contribution in [0.25, 0.3) is 0 Å². The van der Waals surface area contributed by atoms with Crippen molar-refractivity contribution in [3.8, 4) is 6.07 Å². The number of carbonyl (C=O) groups is 2. The number of nitriles is 1. The maximum absolute atomic E-state index is 12.9. The van der Waals surface area contributed by atoms with Crippen molar-refractivity contribution in [1.29, 1.82) is 5.26 Å². The smallest absolute Gasteiger partial charge is 0.339 e. The zero-order valence-corrected chi connectivity index (χ0v) is 18.5. The van der Waals surface area contributed by atoms with Gasteiger partial charge in [-0.1, -0.05) is 37.3 Å². The number of hydrogen-bond donors (Lipinski definition) is 1. The highest BCUT2D eigenvalue weighted by Crippen LogP contribution is 2.42. The normalized spacial score (nSPS) is 15.8. The predicted octanol–water partition coefficient (Wildman–Crippen LogP) is 4.86. The Morgan fingerprint density at radius 3 is 2.69 bits per heavy atom. The highest BCUT2D eigenvalue weighted by Gasteiger charge is 2.29. The number of nitrogens with zero attached hydrogens (tertiary/aromatic N) is 2. The van der Waals surface area contributed by atoms with E-state index in [2.05, 4.69) is 28.5 Å². The summed E-state index contributed by atoms with van der Waals surface area (Å²) in [6.07, 6.45) is 4.99. The molecule has 6 nitrogen and oxygen atoms in total. The van der Waals surface area contributed by atoms with Gasteiger partial charge in [0, 0.05) is 17.3 Å². The van der Waals surface area contributed by atoms with Crippen LogP contribution in [-0.2, 0) is 22.4 Å². The number of nitrogens with one attached hydrogen (secondary N) is 1. The molecule has 0 fully saturated rings. The van der Waals surface area contributed by atoms with Crippen molar-refractivity contribution >= 4 is 28.2 Å². The number of carbonyl (C=O) groups excluding carboxylic acids is 2. The fraction of sp³-hybridized carbons (Fsp3) is 0.280. The first-order valence-electron chi connectivity index (χ1n) is 10.6. The lowest BCUT2D eigenvalue weighted by atomic mass is 9.83. The molecule has 2 heterocycles. The summed E-state index contributed by atoms with van der Waals surface area (Å²) < 4.78 is 5.41. The summed E-state index contributed by atoms with van der Waals surface area (Å²) >= 11 is 1.45. The van der Waals surface area contributed by atoms with Crippen LogP contribution in [0.4, 0.5) is 5.00 Å². The number of hydrogen-bond acceptors (Lipinski definition) is 6. The van der Waals surface area contributed by atoms with Crippen LogP contribution in [-0.4, -0.2) is 23.0 Å². The summed E-state index contributed by atoms with van der Waals surface area (Å²) in [4.78, 5) is 30.2. The first kappa shape index (κ1) is 21.7. The third kappa shape index (κ3) is 4.56. The van der Waals surface area contributed by atoms with E-state index >= 15 is 0 Å². The van der Waals surface area contributed by atoms with Gasteiger partial charge < -0.3 is 10.1 Å². The monoisotopic (exact) mass is 445 g/mol. The van der Waals surface area contributed by atoms with E-state index in [-0.39, 0.29) is 0 Å². The number of esters is 1. The Morgan fingerprint density at radius 2 is 2.00 bits per heavy atom. The van der Waals surface area contributed by atoms with Crippen LogP contribution in [0.5, 0.6) is 0 Å². The van der Waals surface area contributed by atoms with Crippen LogP contribution in [0.1, 0.15) is 57.6 Å². The molecule has 1 aliphatic rings. The maximum Gasteiger partial charge on any atom is 0.339 e. The van der Waals surface area contributed by atoms with Gasteiger partial charge in [0.05, 0.1) is 11.1 Å². The molecule has 2 atom stereocenters. The maximum atomic E-state index is 12.9. The lowest BCUT2D eigenvalue weighted by Crippen LogP contribution is -2.32. The van der Waals surface area contributed by atoms with Gasteiger partial charge in [0.2, 0.25) is 0 Å². The Kier molecular flexibility index (Phi) is 6.62. The quantitative estimate of drug-likeness (QED) is 0.547. The molecular weight excluding hydrogens is 422 g/mol. The zero-order valence-electron chi connectivity index (χ0n) is 17.7. The van der Waals surface area contributed by atoms with Crippen LogP contribution < -0.4 is 5.32 Å². The summed E-state index contributed by atoms with van der Waals surface area (Å²) in [5, 5.41) is 13.1. The minimum absolute atomic E-state index is 0.325. The highest BCUT2D eigenvalue weighted by molar-refractivity contribution is 7.16. The van der Waals surface area contributed by atoms with Crippen molar-refractivity contribution in [2.24, 2.45) is 0 Å². The molecule has 1 N–H and O–H groups in total. The van der Waals surface area contributed by atoms with Gasteiger partial charge in [-0.25, -0.2) is 4.79 Å². The topological polar surface area (TPSA) is 92.1 Å². The molecule has 1 amide bonds. The van der Waals surface area contributed by atoms with E-state index in [1.807, 2.05) is 18.2 Å². The summed E-state index contributed by atoms with van der Waals surface area (Å²) in [6.45, 7) is 1.78. The summed E-state index contributed by atoms with van der Waals surface area (Å²) in [5.41, 5.74) is 3.19. The lowest BCUT2D eigenvalue weighted by Gasteiger charge is -2.22. The molecule has 7 heteroatoms. The van der Waals surface area contributed by atoms with E-state index in [1.165, 1.54) is 41.4 Å². The zero-order chi connectivity index (χ0) is 22.5. The number of thiophene rings is 1. The molecule has 0 aliphatic heterocycles. The van der Waals surface area contributed by atoms with E-state index in [9.17, 15) is 14.9 Å². The Bertz CT molecular complexity index is 1150. The first-order chi connectivity index (χ1) is 15.6. The van der Waals surface area contributed by atoms with Crippen molar-refractivity contribution in [3.05, 3.63) is 82.0 Å². The number of benzene rings is 1. The van der Waals surface area contributed by atoms with Crippen molar-refractivity contribution in [2.45, 2.75) is 44.6 Å². The van der Waals surface area contributed by atoms with Crippen LogP contribution in [0.2, 0.25) is 0 Å². The van der Waals surface area contributed by atoms with Crippen molar-refractivity contribution < 1.29 is 14.3 Å². The Balaban J connectivity index is 1.49. The van der Waals surface area contributed by atoms with E-state index in [4.69, 9.17) is 4.74 Å². The molecule has 3 aromatic rings. The molecule has 4 rings (SSSR count). The molecule has 2 aromatic heterocycles. The molecular formula is C25H23N3O3S. The van der Waals surface area contributed by atoms with Crippen molar-refractivity contribution in [1.82, 2.24) is 4.98 Å². The molecule has 32 heavy (non-hydrogen) atoms. The van der Waals surface area contributed by atoms with Gasteiger partial charge in [0.15, 0.2) is 6.10 Å². The summed E-state index contributed by atoms with van der Waals surface area (Å²) in [7, 11) is 0. The van der Waals surface area contributed by atoms with Crippen molar-refractivity contribution in [3.63, 3.8) is 0 Å². The van der Waals surface area contributed by atoms with Gasteiger partial charge in [-0.05, 0) is 54.9 Å². The van der Waals surface area contributed by atoms with Gasteiger partial charge >= 0.3 is 5.97 Å². The molecule has 2 unspecified atom stereocenters. The van der Waals surface area contributed by atoms with Gasteiger partial charge in [0.25, 0.3) is 5.91 Å². The number of anilines is 1. The number of amides is 1. The van der Waals surface area contributed by atoms with Gasteiger partial charge in [-0.2, -0.15) is 5.26 Å². The van der Waals surface area contributed by atoms with Crippen LogP contribution in [0, 0.1) is 11.3 Å². The minimum Gasteiger partial charge on any atom is -0.449 e. The second kappa shape index (κ2) is 9.75. The largest absolute Gasteiger partial charge is 0.449 e. The third-order valence-corrected chi connectivity index (χ3v) is 6.88. The Labute approximate surface area is 190 Å². The summed E-state index contributed by atoms with van der Waals surface area (Å²) in [5.74, 6) is -0.599. The van der Waals surface area contributed by atoms with Gasteiger partial charge in [-0.3, -0.25) is 9.78 Å². The number of rotatable bonds is 6. The predicted molar refractivity (Wildman–Crippen MR) is 123 cm³/mol.